The Labute approximate surface area is 58.4 Å². The lowest BCUT2D eigenvalue weighted by molar-refractivity contribution is -0.131. The lowest BCUT2D eigenvalue weighted by Gasteiger charge is -2.00. The highest BCUT2D eigenvalue weighted by atomic mass is 79.9. The van der Waals surface area contributed by atoms with E-state index in [0.29, 0.717) is 6.29 Å². The number of hydrogen-bond donors (Lipinski definition) is 0. The molecule has 0 saturated heterocycles. The third-order valence-electron chi connectivity index (χ3n) is 0.600. The van der Waals surface area contributed by atoms with Crippen LogP contribution in [0.4, 0.5) is 8.78 Å². The Kier molecular flexibility index (Phi) is 2.90. The Bertz CT molecular complexity index is 135. The first kappa shape index (κ1) is 8.68. The lowest BCUT2D eigenvalue weighted by atomic mass is 10.3. The van der Waals surface area contributed by atoms with Crippen molar-refractivity contribution in [2.24, 2.45) is 0 Å². The molecule has 1 radical (unpaired) electrons. The van der Waals surface area contributed by atoms with E-state index in [0.717, 1.165) is 0 Å². The summed E-state index contributed by atoms with van der Waals surface area (Å²) in [4.78, 5) is 19.3. The van der Waals surface area contributed by atoms with E-state index in [4.69, 9.17) is 0 Å². The van der Waals surface area contributed by atoms with E-state index in [1.165, 1.54) is 0 Å². The molecule has 0 aromatic carbocycles. The number of Topliss-reactive ketones (excluding diaryl/α,β-unsaturated/α-hetero) is 1. The van der Waals surface area contributed by atoms with Crippen LogP contribution in [0, 0.1) is 0 Å². The predicted molar refractivity (Wildman–Crippen MR) is 29.4 cm³/mol. The molecule has 0 heterocycles. The van der Waals surface area contributed by atoms with Crippen LogP contribution >= 0.6 is 15.9 Å². The first-order valence-electron chi connectivity index (χ1n) is 1.91. The molecule has 0 atom stereocenters. The number of hydrogen-bond acceptors (Lipinski definition) is 2. The van der Waals surface area contributed by atoms with Crippen molar-refractivity contribution in [3.63, 3.8) is 0 Å². The predicted octanol–water partition coefficient (Wildman–Crippen LogP) is 0.695. The smallest absolute Gasteiger partial charge is 0.291 e. The fourth-order valence-corrected chi connectivity index (χ4v) is 0.493. The van der Waals surface area contributed by atoms with E-state index in [1.807, 2.05) is 0 Å². The first-order valence-corrected chi connectivity index (χ1v) is 3.03. The number of alkyl halides is 3. The standard InChI is InChI=1S/C4H2BrF2O2/c5-1-3(9)4(6,7)2-8/h1H2. The molecule has 0 aromatic heterocycles. The lowest BCUT2D eigenvalue weighted by Crippen LogP contribution is -2.30. The Morgan fingerprint density at radius 3 is 2.22 bits per heavy atom. The number of rotatable bonds is 3. The second-order valence-electron chi connectivity index (χ2n) is 1.23. The van der Waals surface area contributed by atoms with Crippen molar-refractivity contribution in [2.45, 2.75) is 5.92 Å². The molecular weight excluding hydrogens is 198 g/mol. The van der Waals surface area contributed by atoms with Crippen LogP contribution in [0.25, 0.3) is 0 Å². The molecule has 2 nitrogen and oxygen atoms in total. The molecule has 0 rings (SSSR count). The van der Waals surface area contributed by atoms with Gasteiger partial charge in [0, 0.05) is 0 Å². The number of carbonyl (C=O) groups is 1. The van der Waals surface area contributed by atoms with Crippen molar-refractivity contribution < 1.29 is 18.4 Å². The van der Waals surface area contributed by atoms with E-state index < -0.39 is 17.0 Å². The summed E-state index contributed by atoms with van der Waals surface area (Å²) in [5.41, 5.74) is 0. The fraction of sp³-hybridized carbons (Fsp3) is 0.500. The molecule has 51 valence electrons. The van der Waals surface area contributed by atoms with Gasteiger partial charge in [-0.3, -0.25) is 9.59 Å². The molecule has 0 aromatic rings. The SMILES string of the molecule is O=[C]C(F)(F)C(=O)CBr. The van der Waals surface area contributed by atoms with Gasteiger partial charge in [-0.2, -0.15) is 8.78 Å². The second kappa shape index (κ2) is 3.00. The van der Waals surface area contributed by atoms with Crippen molar-refractivity contribution in [1.29, 1.82) is 0 Å². The third kappa shape index (κ3) is 2.17. The zero-order valence-corrected chi connectivity index (χ0v) is 5.74. The molecule has 0 aliphatic carbocycles. The summed E-state index contributed by atoms with van der Waals surface area (Å²) in [7, 11) is 0. The van der Waals surface area contributed by atoms with E-state index in [1.54, 1.807) is 0 Å². The molecule has 0 amide bonds. The maximum atomic E-state index is 11.7. The van der Waals surface area contributed by atoms with Gasteiger partial charge >= 0.3 is 5.92 Å². The molecule has 0 fully saturated rings. The quantitative estimate of drug-likeness (QED) is 0.496. The van der Waals surface area contributed by atoms with Gasteiger partial charge < -0.3 is 0 Å². The van der Waals surface area contributed by atoms with E-state index >= 15 is 0 Å². The van der Waals surface area contributed by atoms with Gasteiger partial charge in [0.1, 0.15) is 0 Å². The maximum Gasteiger partial charge on any atom is 0.370 e. The van der Waals surface area contributed by atoms with E-state index in [2.05, 4.69) is 15.9 Å². The monoisotopic (exact) mass is 199 g/mol. The van der Waals surface area contributed by atoms with Gasteiger partial charge in [-0.1, -0.05) is 15.9 Å². The molecule has 0 bridgehead atoms. The highest BCUT2D eigenvalue weighted by Crippen LogP contribution is 2.11. The van der Waals surface area contributed by atoms with Crippen LogP contribution < -0.4 is 0 Å². The van der Waals surface area contributed by atoms with Crippen LogP contribution in [0.2, 0.25) is 0 Å². The molecule has 5 heteroatoms. The summed E-state index contributed by atoms with van der Waals surface area (Å²) in [5.74, 6) is -5.42. The van der Waals surface area contributed by atoms with Gasteiger partial charge in [0.2, 0.25) is 5.78 Å². The average Bonchev–Trinajstić information content (AvgIpc) is 1.86. The molecule has 0 aliphatic rings. The van der Waals surface area contributed by atoms with Gasteiger partial charge in [0.25, 0.3) is 6.29 Å². The van der Waals surface area contributed by atoms with Gasteiger partial charge in [0.15, 0.2) is 0 Å². The van der Waals surface area contributed by atoms with Gasteiger partial charge in [-0.15, -0.1) is 0 Å². The highest BCUT2D eigenvalue weighted by Gasteiger charge is 2.38. The molecular formula is C4H2BrF2O2. The normalized spacial score (nSPS) is 11.0. The average molecular weight is 200 g/mol. The first-order chi connectivity index (χ1) is 4.04. The van der Waals surface area contributed by atoms with Crippen molar-refractivity contribution in [3.8, 4) is 0 Å². The Morgan fingerprint density at radius 1 is 1.67 bits per heavy atom. The summed E-state index contributed by atoms with van der Waals surface area (Å²) < 4.78 is 23.5. The second-order valence-corrected chi connectivity index (χ2v) is 1.79. The molecule has 9 heavy (non-hydrogen) atoms. The van der Waals surface area contributed by atoms with Gasteiger partial charge in [-0.25, -0.2) is 0 Å². The summed E-state index contributed by atoms with van der Waals surface area (Å²) in [5, 5.41) is -0.532. The van der Waals surface area contributed by atoms with Crippen LogP contribution in [0.1, 0.15) is 0 Å². The molecule has 0 aliphatic heterocycles. The maximum absolute atomic E-state index is 11.7. The summed E-state index contributed by atoms with van der Waals surface area (Å²) in [6.07, 6.45) is 0.329. The van der Waals surface area contributed by atoms with E-state index in [-0.39, 0.29) is 0 Å². The summed E-state index contributed by atoms with van der Waals surface area (Å²) in [6, 6.07) is 0. The largest absolute Gasteiger partial charge is 0.370 e. The van der Waals surface area contributed by atoms with Crippen molar-refractivity contribution in [2.75, 3.05) is 5.33 Å². The molecule has 0 saturated carbocycles. The zero-order valence-electron chi connectivity index (χ0n) is 4.16. The third-order valence-corrected chi connectivity index (χ3v) is 1.11. The van der Waals surface area contributed by atoms with Crippen molar-refractivity contribution >= 4 is 28.0 Å². The minimum atomic E-state index is -3.94. The van der Waals surface area contributed by atoms with Crippen LogP contribution in [0.3, 0.4) is 0 Å². The molecule has 0 unspecified atom stereocenters. The Hall–Kier alpha value is -0.320. The summed E-state index contributed by atoms with van der Waals surface area (Å²) >= 11 is 2.48. The Balaban J connectivity index is 4.14. The van der Waals surface area contributed by atoms with Crippen LogP contribution in [-0.2, 0) is 9.59 Å². The minimum Gasteiger partial charge on any atom is -0.291 e. The topological polar surface area (TPSA) is 34.1 Å². The highest BCUT2D eigenvalue weighted by molar-refractivity contribution is 9.09. The van der Waals surface area contributed by atoms with E-state index in [9.17, 15) is 18.4 Å². The van der Waals surface area contributed by atoms with Crippen molar-refractivity contribution in [3.05, 3.63) is 0 Å². The van der Waals surface area contributed by atoms with Gasteiger partial charge in [-0.05, 0) is 0 Å². The van der Waals surface area contributed by atoms with Crippen LogP contribution in [-0.4, -0.2) is 23.3 Å². The number of halogens is 3. The van der Waals surface area contributed by atoms with Gasteiger partial charge in [0.05, 0.1) is 5.33 Å². The Morgan fingerprint density at radius 2 is 2.11 bits per heavy atom. The van der Waals surface area contributed by atoms with Crippen LogP contribution in [0.15, 0.2) is 0 Å². The van der Waals surface area contributed by atoms with Crippen LogP contribution in [0.5, 0.6) is 0 Å². The number of carbonyl (C=O) groups excluding carboxylic acids is 2. The minimum absolute atomic E-state index is 0.329. The molecule has 0 N–H and O–H groups in total. The summed E-state index contributed by atoms with van der Waals surface area (Å²) in [6.45, 7) is 0. The number of ketones is 1. The zero-order chi connectivity index (χ0) is 7.49. The van der Waals surface area contributed by atoms with Crippen molar-refractivity contribution in [1.82, 2.24) is 0 Å². The molecule has 0 spiro atoms. The fourth-order valence-electron chi connectivity index (χ4n) is 0.141.